The lowest BCUT2D eigenvalue weighted by Gasteiger charge is -2.26. The maximum absolute atomic E-state index is 12.9. The van der Waals surface area contributed by atoms with Gasteiger partial charge in [-0.2, -0.15) is 0 Å². The number of rotatable bonds is 4. The zero-order valence-electron chi connectivity index (χ0n) is 9.10. The van der Waals surface area contributed by atoms with Gasteiger partial charge in [-0.3, -0.25) is 0 Å². The topological polar surface area (TPSA) is 21.3 Å². The number of ether oxygens (including phenoxy) is 1. The van der Waals surface area contributed by atoms with Crippen LogP contribution in [0, 0.1) is 11.6 Å². The first kappa shape index (κ1) is 11.9. The lowest BCUT2D eigenvalue weighted by atomic mass is 10.1. The van der Waals surface area contributed by atoms with Gasteiger partial charge in [-0.05, 0) is 33.0 Å². The molecule has 0 spiro atoms. The zero-order chi connectivity index (χ0) is 11.5. The molecule has 0 saturated carbocycles. The van der Waals surface area contributed by atoms with Crippen molar-refractivity contribution >= 4 is 0 Å². The predicted molar refractivity (Wildman–Crippen MR) is 55.0 cm³/mol. The minimum Gasteiger partial charge on any atom is -0.486 e. The van der Waals surface area contributed by atoms with Crippen LogP contribution < -0.4 is 10.1 Å². The molecule has 0 atom stereocenters. The average Bonchev–Trinajstić information content (AvgIpc) is 2.10. The highest BCUT2D eigenvalue weighted by Gasteiger charge is 2.19. The Morgan fingerprint density at radius 2 is 1.93 bits per heavy atom. The maximum atomic E-state index is 12.9. The summed E-state index contributed by atoms with van der Waals surface area (Å²) in [6.07, 6.45) is 0. The van der Waals surface area contributed by atoms with Gasteiger partial charge in [0, 0.05) is 12.6 Å². The Labute approximate surface area is 88.3 Å². The third-order valence-electron chi connectivity index (χ3n) is 1.89. The van der Waals surface area contributed by atoms with Crippen molar-refractivity contribution in [1.82, 2.24) is 5.32 Å². The van der Waals surface area contributed by atoms with Gasteiger partial charge >= 0.3 is 0 Å². The van der Waals surface area contributed by atoms with E-state index < -0.39 is 17.2 Å². The van der Waals surface area contributed by atoms with Crippen LogP contribution in [0.1, 0.15) is 13.8 Å². The standard InChI is InChI=1S/C11H15F2NO/c1-11(2,7-14-3)15-8-4-5-9(12)10(13)6-8/h4-6,14H,7H2,1-3H3. The van der Waals surface area contributed by atoms with Crippen molar-refractivity contribution < 1.29 is 13.5 Å². The Hall–Kier alpha value is -1.16. The molecular weight excluding hydrogens is 200 g/mol. The summed E-state index contributed by atoms with van der Waals surface area (Å²) < 4.78 is 31.0. The van der Waals surface area contributed by atoms with Crippen molar-refractivity contribution in [2.75, 3.05) is 13.6 Å². The molecule has 1 rings (SSSR count). The summed E-state index contributed by atoms with van der Waals surface area (Å²) in [4.78, 5) is 0. The molecule has 1 aromatic rings. The molecule has 0 aliphatic rings. The molecule has 84 valence electrons. The minimum absolute atomic E-state index is 0.328. The molecule has 0 bridgehead atoms. The summed E-state index contributed by atoms with van der Waals surface area (Å²) in [6.45, 7) is 4.35. The van der Waals surface area contributed by atoms with E-state index in [0.717, 1.165) is 12.1 Å². The van der Waals surface area contributed by atoms with Gasteiger partial charge in [-0.15, -0.1) is 0 Å². The number of hydrogen-bond acceptors (Lipinski definition) is 2. The predicted octanol–water partition coefficient (Wildman–Crippen LogP) is 2.34. The summed E-state index contributed by atoms with van der Waals surface area (Å²) in [5.74, 6) is -1.43. The van der Waals surface area contributed by atoms with Crippen LogP contribution >= 0.6 is 0 Å². The van der Waals surface area contributed by atoms with Crippen LogP contribution in [0.15, 0.2) is 18.2 Å². The fourth-order valence-corrected chi connectivity index (χ4v) is 1.32. The Morgan fingerprint density at radius 1 is 1.27 bits per heavy atom. The molecule has 0 unspecified atom stereocenters. The molecule has 15 heavy (non-hydrogen) atoms. The van der Waals surface area contributed by atoms with Crippen molar-refractivity contribution in [3.8, 4) is 5.75 Å². The Bertz CT molecular complexity index is 339. The molecule has 0 aliphatic heterocycles. The van der Waals surface area contributed by atoms with Gasteiger partial charge in [0.2, 0.25) is 0 Å². The first-order valence-corrected chi connectivity index (χ1v) is 4.73. The van der Waals surface area contributed by atoms with E-state index in [9.17, 15) is 8.78 Å². The molecule has 0 saturated heterocycles. The highest BCUT2D eigenvalue weighted by atomic mass is 19.2. The molecule has 1 aromatic carbocycles. The molecule has 0 aliphatic carbocycles. The van der Waals surface area contributed by atoms with Gasteiger partial charge in [0.25, 0.3) is 0 Å². The lowest BCUT2D eigenvalue weighted by molar-refractivity contribution is 0.110. The molecule has 0 radical (unpaired) electrons. The van der Waals surface area contributed by atoms with E-state index >= 15 is 0 Å². The van der Waals surface area contributed by atoms with E-state index in [-0.39, 0.29) is 0 Å². The van der Waals surface area contributed by atoms with Crippen molar-refractivity contribution in [3.05, 3.63) is 29.8 Å². The molecular formula is C11H15F2NO. The molecule has 0 heterocycles. The number of hydrogen-bond donors (Lipinski definition) is 1. The second-order valence-electron chi connectivity index (χ2n) is 3.97. The van der Waals surface area contributed by atoms with Crippen LogP contribution in [0.5, 0.6) is 5.75 Å². The summed E-state index contributed by atoms with van der Waals surface area (Å²) in [5, 5.41) is 2.96. The smallest absolute Gasteiger partial charge is 0.162 e. The third kappa shape index (κ3) is 3.47. The van der Waals surface area contributed by atoms with Crippen molar-refractivity contribution in [2.24, 2.45) is 0 Å². The van der Waals surface area contributed by atoms with E-state index in [0.29, 0.717) is 12.3 Å². The number of halogens is 2. The van der Waals surface area contributed by atoms with E-state index in [4.69, 9.17) is 4.74 Å². The summed E-state index contributed by atoms with van der Waals surface area (Å²) in [6, 6.07) is 3.52. The Balaban J connectivity index is 2.76. The second kappa shape index (κ2) is 4.57. The van der Waals surface area contributed by atoms with E-state index in [1.54, 1.807) is 7.05 Å². The number of benzene rings is 1. The van der Waals surface area contributed by atoms with Gasteiger partial charge in [-0.25, -0.2) is 8.78 Å². The third-order valence-corrected chi connectivity index (χ3v) is 1.89. The SMILES string of the molecule is CNCC(C)(C)Oc1ccc(F)c(F)c1. The van der Waals surface area contributed by atoms with Crippen LogP contribution in [-0.2, 0) is 0 Å². The van der Waals surface area contributed by atoms with E-state index in [2.05, 4.69) is 5.32 Å². The van der Waals surface area contributed by atoms with Gasteiger partial charge < -0.3 is 10.1 Å². The van der Waals surface area contributed by atoms with Crippen molar-refractivity contribution in [2.45, 2.75) is 19.4 Å². The minimum atomic E-state index is -0.896. The van der Waals surface area contributed by atoms with Crippen LogP contribution in [0.4, 0.5) is 8.78 Å². The molecule has 2 nitrogen and oxygen atoms in total. The van der Waals surface area contributed by atoms with Gasteiger partial charge in [0.05, 0.1) is 0 Å². The van der Waals surface area contributed by atoms with Crippen molar-refractivity contribution in [1.29, 1.82) is 0 Å². The van der Waals surface area contributed by atoms with Crippen LogP contribution in [-0.4, -0.2) is 19.2 Å². The summed E-state index contributed by atoms with van der Waals surface area (Å²) in [7, 11) is 1.80. The average molecular weight is 215 g/mol. The number of nitrogens with one attached hydrogen (secondary N) is 1. The largest absolute Gasteiger partial charge is 0.486 e. The normalized spacial score (nSPS) is 11.5. The monoisotopic (exact) mass is 215 g/mol. The molecule has 4 heteroatoms. The fraction of sp³-hybridized carbons (Fsp3) is 0.455. The molecule has 0 aromatic heterocycles. The summed E-state index contributed by atoms with van der Waals surface area (Å²) in [5.41, 5.74) is -0.459. The molecule has 0 fully saturated rings. The number of likely N-dealkylation sites (N-methyl/N-ethyl adjacent to an activating group) is 1. The highest BCUT2D eigenvalue weighted by molar-refractivity contribution is 5.24. The molecule has 1 N–H and O–H groups in total. The highest BCUT2D eigenvalue weighted by Crippen LogP contribution is 2.20. The maximum Gasteiger partial charge on any atom is 0.162 e. The second-order valence-corrected chi connectivity index (χ2v) is 3.97. The van der Waals surface area contributed by atoms with E-state index in [1.165, 1.54) is 6.07 Å². The van der Waals surface area contributed by atoms with E-state index in [1.807, 2.05) is 13.8 Å². The van der Waals surface area contributed by atoms with Crippen molar-refractivity contribution in [3.63, 3.8) is 0 Å². The first-order valence-electron chi connectivity index (χ1n) is 4.73. The fourth-order valence-electron chi connectivity index (χ4n) is 1.32. The zero-order valence-corrected chi connectivity index (χ0v) is 9.10. The Morgan fingerprint density at radius 3 is 2.47 bits per heavy atom. The van der Waals surface area contributed by atoms with Crippen LogP contribution in [0.25, 0.3) is 0 Å². The first-order chi connectivity index (χ1) is 6.94. The van der Waals surface area contributed by atoms with Gasteiger partial charge in [-0.1, -0.05) is 0 Å². The lowest BCUT2D eigenvalue weighted by Crippen LogP contribution is -2.38. The van der Waals surface area contributed by atoms with Gasteiger partial charge in [0.15, 0.2) is 11.6 Å². The van der Waals surface area contributed by atoms with Gasteiger partial charge in [0.1, 0.15) is 11.4 Å². The quantitative estimate of drug-likeness (QED) is 0.832. The van der Waals surface area contributed by atoms with Crippen LogP contribution in [0.3, 0.4) is 0 Å². The Kier molecular flexibility index (Phi) is 3.63. The molecule has 0 amide bonds. The summed E-state index contributed by atoms with van der Waals surface area (Å²) >= 11 is 0. The van der Waals surface area contributed by atoms with Crippen LogP contribution in [0.2, 0.25) is 0 Å².